The van der Waals surface area contributed by atoms with Crippen LogP contribution in [-0.2, 0) is 21.2 Å². The second-order valence-electron chi connectivity index (χ2n) is 5.99. The van der Waals surface area contributed by atoms with Gasteiger partial charge in [-0.25, -0.2) is 17.2 Å². The number of carbonyl (C=O) groups excluding carboxylic acids is 1. The summed E-state index contributed by atoms with van der Waals surface area (Å²) in [4.78, 5) is 12.5. The third-order valence-corrected chi connectivity index (χ3v) is 6.08. The number of esters is 1. The third-order valence-electron chi connectivity index (χ3n) is 4.39. The van der Waals surface area contributed by atoms with Gasteiger partial charge in [0, 0.05) is 11.6 Å². The van der Waals surface area contributed by atoms with Crippen molar-refractivity contribution in [2.45, 2.75) is 32.1 Å². The second kappa shape index (κ2) is 6.96. The van der Waals surface area contributed by atoms with E-state index in [4.69, 9.17) is 4.74 Å². The van der Waals surface area contributed by atoms with Crippen molar-refractivity contribution in [2.75, 3.05) is 6.61 Å². The first kappa shape index (κ1) is 18.2. The lowest BCUT2D eigenvalue weighted by Crippen LogP contribution is -2.13. The van der Waals surface area contributed by atoms with Gasteiger partial charge in [-0.1, -0.05) is 25.1 Å². The van der Waals surface area contributed by atoms with Gasteiger partial charge in [0.05, 0.1) is 22.6 Å². The molecule has 136 valence electrons. The highest BCUT2D eigenvalue weighted by atomic mass is 32.2. The van der Waals surface area contributed by atoms with Crippen LogP contribution in [0.4, 0.5) is 0 Å². The largest absolute Gasteiger partial charge is 0.462 e. The Morgan fingerprint density at radius 1 is 1.12 bits per heavy atom. The van der Waals surface area contributed by atoms with Gasteiger partial charge in [-0.3, -0.25) is 0 Å². The molecule has 1 aromatic heterocycles. The average Bonchev–Trinajstić information content (AvgIpc) is 3.09. The number of aryl methyl sites for hydroxylation is 2. The molecule has 0 aliphatic rings. The lowest BCUT2D eigenvalue weighted by atomic mass is 9.98. The number of hydrogen-bond donors (Lipinski definition) is 0. The fourth-order valence-corrected chi connectivity index (χ4v) is 4.67. The highest BCUT2D eigenvalue weighted by Crippen LogP contribution is 2.31. The van der Waals surface area contributed by atoms with Crippen LogP contribution >= 0.6 is 0 Å². The summed E-state index contributed by atoms with van der Waals surface area (Å²) in [5, 5.41) is 0.759. The van der Waals surface area contributed by atoms with Gasteiger partial charge in [0.15, 0.2) is 0 Å². The summed E-state index contributed by atoms with van der Waals surface area (Å²) >= 11 is 0. The summed E-state index contributed by atoms with van der Waals surface area (Å²) in [6.07, 6.45) is 2.15. The minimum absolute atomic E-state index is 0.226. The highest BCUT2D eigenvalue weighted by Gasteiger charge is 2.23. The number of ether oxygens (including phenoxy) is 1. The summed E-state index contributed by atoms with van der Waals surface area (Å²) in [5.74, 6) is -0.381. The van der Waals surface area contributed by atoms with Gasteiger partial charge in [0.1, 0.15) is 0 Å². The van der Waals surface area contributed by atoms with E-state index in [1.165, 1.54) is 3.97 Å². The number of nitrogens with zero attached hydrogens (tertiary/aromatic N) is 1. The van der Waals surface area contributed by atoms with Gasteiger partial charge in [-0.15, -0.1) is 0 Å². The molecule has 0 atom stereocenters. The number of rotatable bonds is 5. The fourth-order valence-electron chi connectivity index (χ4n) is 3.24. The molecule has 0 aliphatic carbocycles. The van der Waals surface area contributed by atoms with Crippen molar-refractivity contribution in [3.05, 3.63) is 65.4 Å². The van der Waals surface area contributed by atoms with Crippen molar-refractivity contribution in [3.63, 3.8) is 0 Å². The van der Waals surface area contributed by atoms with Crippen molar-refractivity contribution in [1.29, 1.82) is 0 Å². The number of aromatic nitrogens is 1. The van der Waals surface area contributed by atoms with E-state index in [0.717, 1.165) is 10.9 Å². The van der Waals surface area contributed by atoms with E-state index in [-0.39, 0.29) is 10.9 Å². The molecule has 3 rings (SSSR count). The molecule has 0 saturated carbocycles. The van der Waals surface area contributed by atoms with Crippen molar-refractivity contribution in [1.82, 2.24) is 3.97 Å². The first-order valence-electron chi connectivity index (χ1n) is 8.53. The number of carbonyl (C=O) groups is 1. The Balaban J connectivity index is 2.28. The summed E-state index contributed by atoms with van der Waals surface area (Å²) < 4.78 is 32.6. The van der Waals surface area contributed by atoms with Crippen LogP contribution in [0.25, 0.3) is 10.9 Å². The van der Waals surface area contributed by atoms with Crippen LogP contribution in [0.3, 0.4) is 0 Å². The molecule has 26 heavy (non-hydrogen) atoms. The Kier molecular flexibility index (Phi) is 4.87. The molecule has 0 saturated heterocycles. The first-order valence-corrected chi connectivity index (χ1v) is 9.97. The van der Waals surface area contributed by atoms with Crippen molar-refractivity contribution in [3.8, 4) is 0 Å². The Morgan fingerprint density at radius 3 is 2.42 bits per heavy atom. The maximum absolute atomic E-state index is 13.1. The molecule has 0 aliphatic heterocycles. The standard InChI is InChI=1S/C20H21NO4S/c1-4-16-17-11-12-21(26(23,24)15-9-7-6-8-10-15)19(17)14(3)13-18(16)20(22)25-5-2/h6-13H,4-5H2,1-3H3. The van der Waals surface area contributed by atoms with Gasteiger partial charge in [0.2, 0.25) is 0 Å². The van der Waals surface area contributed by atoms with E-state index in [2.05, 4.69) is 0 Å². The zero-order chi connectivity index (χ0) is 18.9. The van der Waals surface area contributed by atoms with Gasteiger partial charge < -0.3 is 4.74 Å². The maximum Gasteiger partial charge on any atom is 0.338 e. The fraction of sp³-hybridized carbons (Fsp3) is 0.250. The molecule has 1 heterocycles. The summed E-state index contributed by atoms with van der Waals surface area (Å²) in [7, 11) is -3.71. The van der Waals surface area contributed by atoms with Crippen molar-refractivity contribution >= 4 is 26.9 Å². The van der Waals surface area contributed by atoms with Crippen LogP contribution in [0, 0.1) is 6.92 Å². The molecule has 0 radical (unpaired) electrons. The number of benzene rings is 2. The summed E-state index contributed by atoms with van der Waals surface area (Å²) in [5.41, 5.74) is 2.60. The van der Waals surface area contributed by atoms with Crippen LogP contribution < -0.4 is 0 Å². The van der Waals surface area contributed by atoms with E-state index in [0.29, 0.717) is 29.7 Å². The van der Waals surface area contributed by atoms with Crippen LogP contribution in [0.2, 0.25) is 0 Å². The Bertz CT molecular complexity index is 1070. The SMILES string of the molecule is CCOC(=O)c1cc(C)c2c(ccn2S(=O)(=O)c2ccccc2)c1CC. The third kappa shape index (κ3) is 2.90. The summed E-state index contributed by atoms with van der Waals surface area (Å²) in [6.45, 7) is 5.80. The maximum atomic E-state index is 13.1. The molecule has 6 heteroatoms. The molecule has 0 unspecified atom stereocenters. The molecule has 0 spiro atoms. The van der Waals surface area contributed by atoms with Crippen molar-refractivity contribution < 1.29 is 17.9 Å². The lowest BCUT2D eigenvalue weighted by Gasteiger charge is -2.14. The molecule has 2 aromatic carbocycles. The Labute approximate surface area is 153 Å². The smallest absolute Gasteiger partial charge is 0.338 e. The zero-order valence-corrected chi connectivity index (χ0v) is 15.8. The minimum atomic E-state index is -3.71. The van der Waals surface area contributed by atoms with Crippen LogP contribution in [0.1, 0.15) is 35.3 Å². The van der Waals surface area contributed by atoms with Gasteiger partial charge in [-0.2, -0.15) is 0 Å². The molecule has 0 fully saturated rings. The van der Waals surface area contributed by atoms with Crippen LogP contribution in [0.5, 0.6) is 0 Å². The Hall–Kier alpha value is -2.60. The van der Waals surface area contributed by atoms with Gasteiger partial charge in [0.25, 0.3) is 10.0 Å². The van der Waals surface area contributed by atoms with E-state index in [1.807, 2.05) is 13.8 Å². The quantitative estimate of drug-likeness (QED) is 0.638. The van der Waals surface area contributed by atoms with Crippen molar-refractivity contribution in [2.24, 2.45) is 0 Å². The monoisotopic (exact) mass is 371 g/mol. The predicted octanol–water partition coefficient (Wildman–Crippen LogP) is 3.93. The molecule has 0 bridgehead atoms. The van der Waals surface area contributed by atoms with E-state index < -0.39 is 10.0 Å². The van der Waals surface area contributed by atoms with Crippen LogP contribution in [0.15, 0.2) is 53.6 Å². The zero-order valence-electron chi connectivity index (χ0n) is 15.0. The molecule has 5 nitrogen and oxygen atoms in total. The minimum Gasteiger partial charge on any atom is -0.462 e. The first-order chi connectivity index (χ1) is 12.4. The second-order valence-corrected chi connectivity index (χ2v) is 7.80. The van der Waals surface area contributed by atoms with Gasteiger partial charge >= 0.3 is 5.97 Å². The van der Waals surface area contributed by atoms with Gasteiger partial charge in [-0.05, 0) is 55.7 Å². The molecule has 3 aromatic rings. The highest BCUT2D eigenvalue weighted by molar-refractivity contribution is 7.90. The Morgan fingerprint density at radius 2 is 1.81 bits per heavy atom. The topological polar surface area (TPSA) is 65.4 Å². The normalized spacial score (nSPS) is 11.7. The van der Waals surface area contributed by atoms with Crippen LogP contribution in [-0.4, -0.2) is 25.0 Å². The van der Waals surface area contributed by atoms with E-state index >= 15 is 0 Å². The molecule has 0 amide bonds. The number of fused-ring (bicyclic) bond motifs is 1. The molecular formula is C20H21NO4S. The summed E-state index contributed by atoms with van der Waals surface area (Å²) in [6, 6.07) is 11.8. The van der Waals surface area contributed by atoms with E-state index in [1.54, 1.807) is 55.6 Å². The number of hydrogen-bond acceptors (Lipinski definition) is 4. The predicted molar refractivity (Wildman–Crippen MR) is 101 cm³/mol. The lowest BCUT2D eigenvalue weighted by molar-refractivity contribution is 0.0525. The molecule has 0 N–H and O–H groups in total. The molecular weight excluding hydrogens is 350 g/mol. The average molecular weight is 371 g/mol. The van der Waals surface area contributed by atoms with E-state index in [9.17, 15) is 13.2 Å².